The molecule has 5 heteroatoms. The lowest BCUT2D eigenvalue weighted by Crippen LogP contribution is -1.91. The van der Waals surface area contributed by atoms with Crippen LogP contribution in [0.15, 0.2) is 60.9 Å². The van der Waals surface area contributed by atoms with Crippen LogP contribution in [0.1, 0.15) is 5.69 Å². The summed E-state index contributed by atoms with van der Waals surface area (Å²) in [6, 6.07) is 16.6. The van der Waals surface area contributed by atoms with Crippen LogP contribution in [0.5, 0.6) is 0 Å². The maximum Gasteiger partial charge on any atom is 0.0750 e. The van der Waals surface area contributed by atoms with Crippen molar-refractivity contribution < 1.29 is 0 Å². The molecule has 5 nitrogen and oxygen atoms in total. The summed E-state index contributed by atoms with van der Waals surface area (Å²) in [5, 5.41) is 16.6. The summed E-state index contributed by atoms with van der Waals surface area (Å²) in [7, 11) is 0. The number of aromatic nitrogens is 5. The summed E-state index contributed by atoms with van der Waals surface area (Å²) in [6.45, 7) is 2.01. The molecule has 0 saturated carbocycles. The number of H-pyrrole nitrogens is 2. The van der Waals surface area contributed by atoms with Gasteiger partial charge in [0.1, 0.15) is 0 Å². The summed E-state index contributed by atoms with van der Waals surface area (Å²) in [5.41, 5.74) is 7.21. The van der Waals surface area contributed by atoms with Crippen LogP contribution in [0, 0.1) is 6.92 Å². The minimum absolute atomic E-state index is 0.917. The largest absolute Gasteiger partial charge is 0.282 e. The van der Waals surface area contributed by atoms with Crippen LogP contribution < -0.4 is 0 Å². The minimum atomic E-state index is 0.917. The molecule has 0 spiro atoms. The van der Waals surface area contributed by atoms with Crippen LogP contribution in [0.4, 0.5) is 0 Å². The molecule has 2 aromatic carbocycles. The molecular weight excluding hydrogens is 310 g/mol. The van der Waals surface area contributed by atoms with Gasteiger partial charge in [-0.3, -0.25) is 10.2 Å². The number of nitrogens with one attached hydrogen (secondary N) is 2. The van der Waals surface area contributed by atoms with Crippen LogP contribution >= 0.6 is 0 Å². The van der Waals surface area contributed by atoms with Gasteiger partial charge in [0.2, 0.25) is 0 Å². The molecule has 3 aromatic heterocycles. The van der Waals surface area contributed by atoms with E-state index in [0.29, 0.717) is 0 Å². The Morgan fingerprint density at radius 3 is 2.48 bits per heavy atom. The molecule has 0 atom stereocenters. The summed E-state index contributed by atoms with van der Waals surface area (Å²) in [5.74, 6) is 0. The highest BCUT2D eigenvalue weighted by Crippen LogP contribution is 2.36. The third kappa shape index (κ3) is 2.13. The normalized spacial score (nSPS) is 11.4. The second-order valence-electron chi connectivity index (χ2n) is 6.12. The van der Waals surface area contributed by atoms with Crippen molar-refractivity contribution in [3.05, 3.63) is 66.6 Å². The van der Waals surface area contributed by atoms with E-state index >= 15 is 0 Å². The van der Waals surface area contributed by atoms with Crippen LogP contribution in [-0.2, 0) is 0 Å². The molecule has 0 fully saturated rings. The number of benzene rings is 2. The molecular formula is C20H15N5. The SMILES string of the molecule is Cc1[nH]ncc1-c1cc(-c2ccccc2)c2c(ccc3[nH]ncc32)n1. The maximum absolute atomic E-state index is 4.89. The second kappa shape index (κ2) is 5.27. The van der Waals surface area contributed by atoms with Crippen molar-refractivity contribution in [3.8, 4) is 22.4 Å². The minimum Gasteiger partial charge on any atom is -0.282 e. The molecule has 0 aliphatic rings. The standard InChI is InChI=1S/C20H15N5/c1-12-15(10-21-24-12)19-9-14(13-5-3-2-4-6-13)20-16-11-22-25-17(16)7-8-18(20)23-19/h2-11H,1H3,(H,21,24)(H,22,25). The fourth-order valence-electron chi connectivity index (χ4n) is 3.35. The molecule has 2 N–H and O–H groups in total. The van der Waals surface area contributed by atoms with E-state index in [1.54, 1.807) is 0 Å². The van der Waals surface area contributed by atoms with Crippen LogP contribution in [0.3, 0.4) is 0 Å². The quantitative estimate of drug-likeness (QED) is 0.503. The molecule has 0 saturated heterocycles. The molecule has 120 valence electrons. The summed E-state index contributed by atoms with van der Waals surface area (Å²) >= 11 is 0. The maximum atomic E-state index is 4.89. The molecule has 0 radical (unpaired) electrons. The lowest BCUT2D eigenvalue weighted by Gasteiger charge is -2.11. The zero-order valence-corrected chi connectivity index (χ0v) is 13.6. The van der Waals surface area contributed by atoms with Gasteiger partial charge in [-0.05, 0) is 36.2 Å². The first-order valence-corrected chi connectivity index (χ1v) is 8.14. The highest BCUT2D eigenvalue weighted by molar-refractivity contribution is 6.12. The lowest BCUT2D eigenvalue weighted by molar-refractivity contribution is 1.05. The Morgan fingerprint density at radius 2 is 1.68 bits per heavy atom. The predicted octanol–water partition coefficient (Wildman–Crippen LogP) is 4.48. The molecule has 0 unspecified atom stereocenters. The first-order valence-electron chi connectivity index (χ1n) is 8.14. The van der Waals surface area contributed by atoms with E-state index in [2.05, 4.69) is 50.7 Å². The van der Waals surface area contributed by atoms with Gasteiger partial charge in [-0.15, -0.1) is 0 Å². The summed E-state index contributed by atoms with van der Waals surface area (Å²) in [4.78, 5) is 4.89. The van der Waals surface area contributed by atoms with Crippen molar-refractivity contribution >= 4 is 21.8 Å². The Balaban J connectivity index is 1.92. The highest BCUT2D eigenvalue weighted by atomic mass is 15.1. The Hall–Kier alpha value is -3.47. The van der Waals surface area contributed by atoms with E-state index in [-0.39, 0.29) is 0 Å². The smallest absolute Gasteiger partial charge is 0.0750 e. The fourth-order valence-corrected chi connectivity index (χ4v) is 3.35. The molecule has 0 aliphatic carbocycles. The number of hydrogen-bond donors (Lipinski definition) is 2. The van der Waals surface area contributed by atoms with E-state index < -0.39 is 0 Å². The topological polar surface area (TPSA) is 70.2 Å². The Morgan fingerprint density at radius 1 is 0.840 bits per heavy atom. The number of aromatic amines is 2. The number of hydrogen-bond acceptors (Lipinski definition) is 3. The van der Waals surface area contributed by atoms with Crippen molar-refractivity contribution in [1.29, 1.82) is 0 Å². The van der Waals surface area contributed by atoms with Gasteiger partial charge in [0.15, 0.2) is 0 Å². The number of fused-ring (bicyclic) bond motifs is 3. The molecule has 0 bridgehead atoms. The number of nitrogens with zero attached hydrogens (tertiary/aromatic N) is 3. The van der Waals surface area contributed by atoms with Gasteiger partial charge in [0.05, 0.1) is 29.1 Å². The summed E-state index contributed by atoms with van der Waals surface area (Å²) < 4.78 is 0. The average Bonchev–Trinajstić information content (AvgIpc) is 3.30. The van der Waals surface area contributed by atoms with Gasteiger partial charge in [-0.1, -0.05) is 30.3 Å². The van der Waals surface area contributed by atoms with Crippen LogP contribution in [0.25, 0.3) is 44.2 Å². The Labute approximate surface area is 143 Å². The molecule has 5 rings (SSSR count). The third-order valence-electron chi connectivity index (χ3n) is 4.58. The van der Waals surface area contributed by atoms with Gasteiger partial charge in [-0.2, -0.15) is 10.2 Å². The van der Waals surface area contributed by atoms with Crippen molar-refractivity contribution in [1.82, 2.24) is 25.4 Å². The van der Waals surface area contributed by atoms with Crippen LogP contribution in [0.2, 0.25) is 0 Å². The Kier molecular flexibility index (Phi) is 2.94. The van der Waals surface area contributed by atoms with E-state index in [9.17, 15) is 0 Å². The molecule has 25 heavy (non-hydrogen) atoms. The highest BCUT2D eigenvalue weighted by Gasteiger charge is 2.14. The molecule has 3 heterocycles. The van der Waals surface area contributed by atoms with Gasteiger partial charge in [-0.25, -0.2) is 4.98 Å². The van der Waals surface area contributed by atoms with E-state index in [1.165, 1.54) is 0 Å². The van der Waals surface area contributed by atoms with Gasteiger partial charge in [0, 0.05) is 22.0 Å². The van der Waals surface area contributed by atoms with E-state index in [1.807, 2.05) is 37.5 Å². The summed E-state index contributed by atoms with van der Waals surface area (Å²) in [6.07, 6.45) is 3.70. The third-order valence-corrected chi connectivity index (χ3v) is 4.58. The predicted molar refractivity (Wildman–Crippen MR) is 99.1 cm³/mol. The van der Waals surface area contributed by atoms with Crippen molar-refractivity contribution in [2.45, 2.75) is 6.92 Å². The van der Waals surface area contributed by atoms with E-state index in [4.69, 9.17) is 4.98 Å². The number of rotatable bonds is 2. The van der Waals surface area contributed by atoms with Gasteiger partial charge >= 0.3 is 0 Å². The molecule has 5 aromatic rings. The number of pyridine rings is 1. The first kappa shape index (κ1) is 13.9. The Bertz CT molecular complexity index is 1200. The van der Waals surface area contributed by atoms with Crippen molar-refractivity contribution in [2.75, 3.05) is 0 Å². The van der Waals surface area contributed by atoms with Gasteiger partial charge in [0.25, 0.3) is 0 Å². The second-order valence-corrected chi connectivity index (χ2v) is 6.12. The van der Waals surface area contributed by atoms with Crippen molar-refractivity contribution in [2.24, 2.45) is 0 Å². The average molecular weight is 325 g/mol. The van der Waals surface area contributed by atoms with Crippen molar-refractivity contribution in [3.63, 3.8) is 0 Å². The zero-order chi connectivity index (χ0) is 16.8. The fraction of sp³-hybridized carbons (Fsp3) is 0.0500. The molecule has 0 amide bonds. The van der Waals surface area contributed by atoms with E-state index in [0.717, 1.165) is 49.9 Å². The van der Waals surface area contributed by atoms with Crippen LogP contribution in [-0.4, -0.2) is 25.4 Å². The van der Waals surface area contributed by atoms with Gasteiger partial charge < -0.3 is 0 Å². The number of aryl methyl sites for hydroxylation is 1. The lowest BCUT2D eigenvalue weighted by atomic mass is 9.96. The molecule has 0 aliphatic heterocycles. The zero-order valence-electron chi connectivity index (χ0n) is 13.6. The monoisotopic (exact) mass is 325 g/mol. The first-order chi connectivity index (χ1) is 12.3.